The molecule has 40 heavy (non-hydrogen) atoms. The minimum Gasteiger partial charge on any atom is -0.461 e. The standard InChI is InChI=1S/C30H28ClF2N3O3Si/c1-38-17-39-29-21(32)15-19(16-22(29)33)23-11-8-12-24(34-23)28(37)26-25-14-13-20(31)30(40(2,3)4)36(25)35-27(26)18-9-6-5-7-10-18/h5-16,28,37H,17H2,1-4H3. The number of halogens is 3. The van der Waals surface area contributed by atoms with Crippen LogP contribution in [0.2, 0.25) is 24.7 Å². The van der Waals surface area contributed by atoms with E-state index in [2.05, 4.69) is 24.6 Å². The van der Waals surface area contributed by atoms with Crippen molar-refractivity contribution in [1.82, 2.24) is 14.6 Å². The van der Waals surface area contributed by atoms with Crippen molar-refractivity contribution < 1.29 is 23.4 Å². The minimum atomic E-state index is -1.96. The number of aromatic nitrogens is 3. The van der Waals surface area contributed by atoms with Gasteiger partial charge in [-0.05, 0) is 36.4 Å². The van der Waals surface area contributed by atoms with Gasteiger partial charge in [0.25, 0.3) is 0 Å². The van der Waals surface area contributed by atoms with Gasteiger partial charge in [-0.15, -0.1) is 0 Å². The van der Waals surface area contributed by atoms with Crippen LogP contribution in [0.15, 0.2) is 72.8 Å². The molecule has 0 amide bonds. The Morgan fingerprint density at radius 1 is 0.950 bits per heavy atom. The molecule has 3 heterocycles. The highest BCUT2D eigenvalue weighted by molar-refractivity contribution is 6.89. The fraction of sp³-hybridized carbons (Fsp3) is 0.200. The number of fused-ring (bicyclic) bond motifs is 1. The summed E-state index contributed by atoms with van der Waals surface area (Å²) in [5.74, 6) is -2.30. The van der Waals surface area contributed by atoms with Gasteiger partial charge in [0.05, 0.1) is 27.6 Å². The first kappa shape index (κ1) is 27.9. The molecule has 10 heteroatoms. The van der Waals surface area contributed by atoms with Gasteiger partial charge in [0.1, 0.15) is 14.2 Å². The number of methoxy groups -OCH3 is 1. The van der Waals surface area contributed by atoms with Crippen molar-refractivity contribution in [3.63, 3.8) is 0 Å². The Balaban J connectivity index is 1.65. The normalized spacial score (nSPS) is 12.6. The zero-order chi connectivity index (χ0) is 28.6. The van der Waals surface area contributed by atoms with E-state index in [0.717, 1.165) is 23.0 Å². The van der Waals surface area contributed by atoms with Crippen LogP contribution in [0, 0.1) is 11.6 Å². The fourth-order valence-corrected chi connectivity index (χ4v) is 7.34. The molecule has 0 aliphatic rings. The van der Waals surface area contributed by atoms with Crippen LogP contribution in [0.25, 0.3) is 28.0 Å². The van der Waals surface area contributed by atoms with Crippen molar-refractivity contribution in [2.75, 3.05) is 13.9 Å². The lowest BCUT2D eigenvalue weighted by Crippen LogP contribution is -2.43. The van der Waals surface area contributed by atoms with E-state index in [1.165, 1.54) is 7.11 Å². The molecule has 5 aromatic rings. The monoisotopic (exact) mass is 579 g/mol. The molecular formula is C30H28ClF2N3O3Si. The summed E-state index contributed by atoms with van der Waals surface area (Å²) in [5.41, 5.74) is 3.48. The smallest absolute Gasteiger partial charge is 0.193 e. The number of pyridine rings is 2. The van der Waals surface area contributed by atoms with Gasteiger partial charge in [0, 0.05) is 29.1 Å². The van der Waals surface area contributed by atoms with E-state index in [4.69, 9.17) is 26.2 Å². The summed E-state index contributed by atoms with van der Waals surface area (Å²) in [4.78, 5) is 4.60. The molecule has 0 radical (unpaired) electrons. The van der Waals surface area contributed by atoms with E-state index in [9.17, 15) is 13.9 Å². The molecule has 0 bridgehead atoms. The second-order valence-corrected chi connectivity index (χ2v) is 15.8. The Hall–Kier alpha value is -3.63. The number of hydrogen-bond acceptors (Lipinski definition) is 5. The summed E-state index contributed by atoms with van der Waals surface area (Å²) in [6.07, 6.45) is -1.19. The highest BCUT2D eigenvalue weighted by Gasteiger charge is 2.29. The number of nitrogens with zero attached hydrogens (tertiary/aromatic N) is 3. The average Bonchev–Trinajstić information content (AvgIpc) is 3.31. The largest absolute Gasteiger partial charge is 0.461 e. The predicted octanol–water partition coefficient (Wildman–Crippen LogP) is 6.60. The van der Waals surface area contributed by atoms with E-state index in [1.54, 1.807) is 18.2 Å². The van der Waals surface area contributed by atoms with Crippen LogP contribution in [0.5, 0.6) is 5.75 Å². The van der Waals surface area contributed by atoms with Gasteiger partial charge in [-0.1, -0.05) is 67.6 Å². The Bertz CT molecular complexity index is 1670. The van der Waals surface area contributed by atoms with Crippen molar-refractivity contribution in [3.8, 4) is 28.3 Å². The van der Waals surface area contributed by atoms with E-state index in [1.807, 2.05) is 47.0 Å². The van der Waals surface area contributed by atoms with Crippen molar-refractivity contribution in [2.45, 2.75) is 25.7 Å². The summed E-state index contributed by atoms with van der Waals surface area (Å²) in [6, 6.07) is 20.5. The first-order valence-electron chi connectivity index (χ1n) is 12.6. The third-order valence-electron chi connectivity index (χ3n) is 6.48. The van der Waals surface area contributed by atoms with Crippen LogP contribution >= 0.6 is 11.6 Å². The first-order chi connectivity index (χ1) is 19.1. The molecule has 0 saturated heterocycles. The van der Waals surface area contributed by atoms with Crippen LogP contribution in [-0.2, 0) is 4.74 Å². The summed E-state index contributed by atoms with van der Waals surface area (Å²) in [5, 5.41) is 18.3. The molecule has 0 saturated carbocycles. The van der Waals surface area contributed by atoms with Crippen LogP contribution in [0.1, 0.15) is 17.4 Å². The lowest BCUT2D eigenvalue weighted by atomic mass is 9.99. The molecule has 0 aliphatic carbocycles. The molecule has 0 spiro atoms. The van der Waals surface area contributed by atoms with Gasteiger partial charge in [-0.2, -0.15) is 5.10 Å². The molecular weight excluding hydrogens is 552 g/mol. The molecule has 6 nitrogen and oxygen atoms in total. The Kier molecular flexibility index (Phi) is 7.74. The highest BCUT2D eigenvalue weighted by Crippen LogP contribution is 2.36. The van der Waals surface area contributed by atoms with Crippen molar-refractivity contribution in [1.29, 1.82) is 0 Å². The second kappa shape index (κ2) is 11.1. The summed E-state index contributed by atoms with van der Waals surface area (Å²) < 4.78 is 40.9. The maximum absolute atomic E-state index is 14.7. The van der Waals surface area contributed by atoms with Crippen molar-refractivity contribution in [3.05, 3.63) is 101 Å². The lowest BCUT2D eigenvalue weighted by Gasteiger charge is -2.20. The summed E-state index contributed by atoms with van der Waals surface area (Å²) in [7, 11) is -0.602. The fourth-order valence-electron chi connectivity index (χ4n) is 4.74. The molecule has 0 fully saturated rings. The van der Waals surface area contributed by atoms with Crippen molar-refractivity contribution in [2.24, 2.45) is 0 Å². The van der Waals surface area contributed by atoms with Gasteiger partial charge in [-0.25, -0.2) is 18.3 Å². The second-order valence-electron chi connectivity index (χ2n) is 10.4. The SMILES string of the molecule is COCOc1c(F)cc(-c2cccc(C(O)c3c(-c4ccccc4)nn4c([Si](C)(C)C)c(Cl)ccc34)n2)cc1F. The predicted molar refractivity (Wildman–Crippen MR) is 155 cm³/mol. The zero-order valence-corrected chi connectivity index (χ0v) is 24.2. The zero-order valence-electron chi connectivity index (χ0n) is 22.5. The van der Waals surface area contributed by atoms with E-state index in [-0.39, 0.29) is 18.1 Å². The molecule has 3 aromatic heterocycles. The van der Waals surface area contributed by atoms with Crippen molar-refractivity contribution >= 4 is 30.5 Å². The van der Waals surface area contributed by atoms with Crippen LogP contribution in [0.3, 0.4) is 0 Å². The maximum Gasteiger partial charge on any atom is 0.193 e. The maximum atomic E-state index is 14.7. The van der Waals surface area contributed by atoms with Gasteiger partial charge in [0.2, 0.25) is 0 Å². The van der Waals surface area contributed by atoms with E-state index < -0.39 is 31.6 Å². The quantitative estimate of drug-likeness (QED) is 0.166. The number of aliphatic hydroxyl groups is 1. The molecule has 1 atom stereocenters. The minimum absolute atomic E-state index is 0.199. The van der Waals surface area contributed by atoms with Crippen LogP contribution in [0.4, 0.5) is 8.78 Å². The third kappa shape index (κ3) is 5.25. The summed E-state index contributed by atoms with van der Waals surface area (Å²) in [6.45, 7) is 6.26. The molecule has 206 valence electrons. The first-order valence-corrected chi connectivity index (χ1v) is 16.5. The molecule has 1 unspecified atom stereocenters. The van der Waals surface area contributed by atoms with Gasteiger partial charge >= 0.3 is 0 Å². The molecule has 1 N–H and O–H groups in total. The Morgan fingerprint density at radius 2 is 1.65 bits per heavy atom. The van der Waals surface area contributed by atoms with Gasteiger partial charge in [0.15, 0.2) is 24.2 Å². The third-order valence-corrected chi connectivity index (χ3v) is 8.85. The van der Waals surface area contributed by atoms with E-state index in [0.29, 0.717) is 27.5 Å². The molecule has 0 aliphatic heterocycles. The molecule has 5 rings (SSSR count). The Morgan fingerprint density at radius 3 is 2.30 bits per heavy atom. The number of hydrogen-bond donors (Lipinski definition) is 1. The Labute approximate surface area is 236 Å². The lowest BCUT2D eigenvalue weighted by molar-refractivity contribution is 0.0453. The van der Waals surface area contributed by atoms with Gasteiger partial charge < -0.3 is 14.6 Å². The average molecular weight is 580 g/mol. The van der Waals surface area contributed by atoms with Crippen LogP contribution in [-0.4, -0.2) is 41.7 Å². The van der Waals surface area contributed by atoms with Crippen LogP contribution < -0.4 is 10.1 Å². The summed E-state index contributed by atoms with van der Waals surface area (Å²) >= 11 is 6.67. The number of aliphatic hydroxyl groups excluding tert-OH is 1. The number of benzene rings is 2. The van der Waals surface area contributed by atoms with E-state index >= 15 is 0 Å². The number of ether oxygens (including phenoxy) is 2. The van der Waals surface area contributed by atoms with Gasteiger partial charge in [-0.3, -0.25) is 0 Å². The topological polar surface area (TPSA) is 68.9 Å². The highest BCUT2D eigenvalue weighted by atomic mass is 35.5. The molecule has 2 aromatic carbocycles. The number of rotatable bonds is 8.